The topological polar surface area (TPSA) is 32.9 Å². The fourth-order valence-corrected chi connectivity index (χ4v) is 2.32. The van der Waals surface area contributed by atoms with Crippen molar-refractivity contribution in [3.8, 4) is 0 Å². The SMILES string of the molecule is O=C(c1cccc(Cl)c1F)c1c[nH]c2cccc(F)c12. The van der Waals surface area contributed by atoms with Gasteiger partial charge in [-0.05, 0) is 24.3 Å². The number of ketones is 1. The maximum absolute atomic E-state index is 13.9. The summed E-state index contributed by atoms with van der Waals surface area (Å²) in [5.74, 6) is -1.94. The minimum absolute atomic E-state index is 0.0827. The summed E-state index contributed by atoms with van der Waals surface area (Å²) in [4.78, 5) is 15.2. The first-order valence-corrected chi connectivity index (χ1v) is 6.21. The molecule has 0 aliphatic rings. The van der Waals surface area contributed by atoms with E-state index in [1.165, 1.54) is 36.5 Å². The first-order valence-electron chi connectivity index (χ1n) is 5.84. The molecular weight excluding hydrogens is 284 g/mol. The highest BCUT2D eigenvalue weighted by atomic mass is 35.5. The van der Waals surface area contributed by atoms with Gasteiger partial charge in [0.25, 0.3) is 0 Å². The predicted molar refractivity (Wildman–Crippen MR) is 73.1 cm³/mol. The highest BCUT2D eigenvalue weighted by molar-refractivity contribution is 6.31. The third-order valence-electron chi connectivity index (χ3n) is 3.10. The Morgan fingerprint density at radius 2 is 1.80 bits per heavy atom. The summed E-state index contributed by atoms with van der Waals surface area (Å²) in [6, 6.07) is 8.57. The molecule has 0 saturated carbocycles. The molecule has 0 fully saturated rings. The quantitative estimate of drug-likeness (QED) is 0.700. The van der Waals surface area contributed by atoms with Gasteiger partial charge in [-0.2, -0.15) is 0 Å². The molecule has 20 heavy (non-hydrogen) atoms. The van der Waals surface area contributed by atoms with Crippen LogP contribution in [0, 0.1) is 11.6 Å². The van der Waals surface area contributed by atoms with E-state index in [4.69, 9.17) is 11.6 Å². The van der Waals surface area contributed by atoms with Gasteiger partial charge >= 0.3 is 0 Å². The Balaban J connectivity index is 2.21. The maximum atomic E-state index is 13.9. The molecule has 2 aromatic carbocycles. The van der Waals surface area contributed by atoms with Gasteiger partial charge in [-0.1, -0.05) is 23.7 Å². The molecule has 3 aromatic rings. The van der Waals surface area contributed by atoms with Gasteiger partial charge in [-0.3, -0.25) is 4.79 Å². The molecule has 0 unspecified atom stereocenters. The van der Waals surface area contributed by atoms with Gasteiger partial charge in [0.05, 0.1) is 16.1 Å². The van der Waals surface area contributed by atoms with E-state index in [-0.39, 0.29) is 21.5 Å². The number of benzene rings is 2. The van der Waals surface area contributed by atoms with Crippen LogP contribution in [0.1, 0.15) is 15.9 Å². The van der Waals surface area contributed by atoms with Crippen molar-refractivity contribution in [2.75, 3.05) is 0 Å². The summed E-state index contributed by atoms with van der Waals surface area (Å²) in [5.41, 5.74) is 0.386. The molecule has 0 saturated heterocycles. The normalized spacial score (nSPS) is 10.9. The number of halogens is 3. The van der Waals surface area contributed by atoms with Crippen LogP contribution in [0.15, 0.2) is 42.6 Å². The zero-order valence-electron chi connectivity index (χ0n) is 10.1. The standard InChI is InChI=1S/C15H8ClF2NO/c16-10-4-1-3-8(14(10)18)15(20)9-7-19-12-6-2-5-11(17)13(9)12/h1-7,19H. The van der Waals surface area contributed by atoms with Crippen LogP contribution in [0.2, 0.25) is 5.02 Å². The first-order chi connectivity index (χ1) is 9.59. The van der Waals surface area contributed by atoms with Gasteiger partial charge in [0, 0.05) is 17.1 Å². The van der Waals surface area contributed by atoms with Crippen molar-refractivity contribution in [2.24, 2.45) is 0 Å². The van der Waals surface area contributed by atoms with E-state index < -0.39 is 17.4 Å². The first kappa shape index (κ1) is 12.8. The summed E-state index contributed by atoms with van der Waals surface area (Å²) in [5, 5.41) is 0.00744. The fourth-order valence-electron chi connectivity index (χ4n) is 2.14. The van der Waals surface area contributed by atoms with Crippen LogP contribution in [0.25, 0.3) is 10.9 Å². The van der Waals surface area contributed by atoms with Crippen LogP contribution in [0.3, 0.4) is 0 Å². The molecule has 0 amide bonds. The lowest BCUT2D eigenvalue weighted by molar-refractivity contribution is 0.103. The van der Waals surface area contributed by atoms with Gasteiger partial charge in [-0.15, -0.1) is 0 Å². The number of carbonyl (C=O) groups is 1. The fraction of sp³-hybridized carbons (Fsp3) is 0. The second-order valence-electron chi connectivity index (χ2n) is 4.30. The number of nitrogens with one attached hydrogen (secondary N) is 1. The number of hydrogen-bond donors (Lipinski definition) is 1. The molecule has 3 rings (SSSR count). The van der Waals surface area contributed by atoms with Crippen LogP contribution in [-0.2, 0) is 0 Å². The van der Waals surface area contributed by atoms with Gasteiger partial charge in [-0.25, -0.2) is 8.78 Å². The molecule has 0 radical (unpaired) electrons. The lowest BCUT2D eigenvalue weighted by Crippen LogP contribution is -2.04. The molecule has 0 bridgehead atoms. The predicted octanol–water partition coefficient (Wildman–Crippen LogP) is 4.33. The van der Waals surface area contributed by atoms with Crippen molar-refractivity contribution in [3.63, 3.8) is 0 Å². The molecule has 1 aromatic heterocycles. The van der Waals surface area contributed by atoms with E-state index >= 15 is 0 Å². The zero-order valence-corrected chi connectivity index (χ0v) is 10.8. The Bertz CT molecular complexity index is 826. The molecule has 1 heterocycles. The van der Waals surface area contributed by atoms with Crippen molar-refractivity contribution in [3.05, 3.63) is 70.4 Å². The van der Waals surface area contributed by atoms with Gasteiger partial charge in [0.15, 0.2) is 11.6 Å². The Labute approximate surface area is 118 Å². The molecule has 0 atom stereocenters. The lowest BCUT2D eigenvalue weighted by atomic mass is 10.0. The van der Waals surface area contributed by atoms with Crippen LogP contribution in [0.4, 0.5) is 8.78 Å². The number of H-pyrrole nitrogens is 1. The van der Waals surface area contributed by atoms with Crippen LogP contribution in [0.5, 0.6) is 0 Å². The third kappa shape index (κ3) is 1.89. The van der Waals surface area contributed by atoms with Crippen molar-refractivity contribution in [1.29, 1.82) is 0 Å². The van der Waals surface area contributed by atoms with E-state index in [9.17, 15) is 13.6 Å². The van der Waals surface area contributed by atoms with E-state index in [0.717, 1.165) is 0 Å². The molecule has 1 N–H and O–H groups in total. The molecular formula is C15H8ClF2NO. The Morgan fingerprint density at radius 1 is 1.05 bits per heavy atom. The number of aromatic amines is 1. The minimum atomic E-state index is -0.801. The molecule has 0 aliphatic heterocycles. The zero-order chi connectivity index (χ0) is 14.3. The van der Waals surface area contributed by atoms with Crippen molar-refractivity contribution in [2.45, 2.75) is 0 Å². The smallest absolute Gasteiger partial charge is 0.198 e. The highest BCUT2D eigenvalue weighted by Gasteiger charge is 2.20. The van der Waals surface area contributed by atoms with Crippen molar-refractivity contribution < 1.29 is 13.6 Å². The minimum Gasteiger partial charge on any atom is -0.360 e. The number of fused-ring (bicyclic) bond motifs is 1. The summed E-state index contributed by atoms with van der Waals surface area (Å²) in [6.45, 7) is 0. The number of carbonyl (C=O) groups excluding carboxylic acids is 1. The van der Waals surface area contributed by atoms with E-state index in [1.54, 1.807) is 6.07 Å². The molecule has 0 spiro atoms. The summed E-state index contributed by atoms with van der Waals surface area (Å²) < 4.78 is 27.7. The monoisotopic (exact) mass is 291 g/mol. The average molecular weight is 292 g/mol. The Morgan fingerprint density at radius 3 is 2.60 bits per heavy atom. The Hall–Kier alpha value is -2.20. The van der Waals surface area contributed by atoms with Gasteiger partial charge in [0.2, 0.25) is 0 Å². The second kappa shape index (κ2) is 4.72. The second-order valence-corrected chi connectivity index (χ2v) is 4.70. The van der Waals surface area contributed by atoms with Crippen molar-refractivity contribution in [1.82, 2.24) is 4.98 Å². The van der Waals surface area contributed by atoms with Crippen LogP contribution in [-0.4, -0.2) is 10.8 Å². The number of rotatable bonds is 2. The lowest BCUT2D eigenvalue weighted by Gasteiger charge is -2.03. The van der Waals surface area contributed by atoms with E-state index in [2.05, 4.69) is 4.98 Å². The van der Waals surface area contributed by atoms with Crippen LogP contribution < -0.4 is 0 Å². The number of hydrogen-bond acceptors (Lipinski definition) is 1. The summed E-state index contributed by atoms with van der Waals surface area (Å²) in [6.07, 6.45) is 1.37. The van der Waals surface area contributed by atoms with Gasteiger partial charge < -0.3 is 4.98 Å². The summed E-state index contributed by atoms with van der Waals surface area (Å²) >= 11 is 5.66. The molecule has 0 aliphatic carbocycles. The Kier molecular flexibility index (Phi) is 3.03. The number of aromatic nitrogens is 1. The average Bonchev–Trinajstić information content (AvgIpc) is 2.86. The van der Waals surface area contributed by atoms with E-state index in [1.807, 2.05) is 0 Å². The molecule has 2 nitrogen and oxygen atoms in total. The largest absolute Gasteiger partial charge is 0.360 e. The highest BCUT2D eigenvalue weighted by Crippen LogP contribution is 2.26. The van der Waals surface area contributed by atoms with Crippen LogP contribution >= 0.6 is 11.6 Å². The van der Waals surface area contributed by atoms with E-state index in [0.29, 0.717) is 5.52 Å². The maximum Gasteiger partial charge on any atom is 0.198 e. The van der Waals surface area contributed by atoms with Gasteiger partial charge in [0.1, 0.15) is 5.82 Å². The van der Waals surface area contributed by atoms with Crippen molar-refractivity contribution >= 4 is 28.3 Å². The third-order valence-corrected chi connectivity index (χ3v) is 3.39. The molecule has 5 heteroatoms. The molecule has 100 valence electrons. The summed E-state index contributed by atoms with van der Waals surface area (Å²) in [7, 11) is 0.